The van der Waals surface area contributed by atoms with Crippen molar-refractivity contribution in [3.8, 4) is 0 Å². The van der Waals surface area contributed by atoms with Crippen LogP contribution < -0.4 is 11.1 Å². The Balaban J connectivity index is 1.92. The molecule has 2 aromatic rings. The first-order valence-electron chi connectivity index (χ1n) is 6.69. The lowest BCUT2D eigenvalue weighted by atomic mass is 10.1. The molecule has 0 aliphatic carbocycles. The maximum atomic E-state index is 11.9. The van der Waals surface area contributed by atoms with Crippen LogP contribution in [-0.4, -0.2) is 21.6 Å². The molecule has 0 atom stereocenters. The number of thioether (sulfide) groups is 1. The smallest absolute Gasteiger partial charge is 0.234 e. The molecule has 0 spiro atoms. The molecule has 0 aliphatic rings. The summed E-state index contributed by atoms with van der Waals surface area (Å²) >= 11 is 1.27. The average molecular weight is 302 g/mol. The Morgan fingerprint density at radius 1 is 1.33 bits per heavy atom. The molecular weight excluding hydrogens is 284 g/mol. The van der Waals surface area contributed by atoms with Crippen molar-refractivity contribution >= 4 is 29.2 Å². The van der Waals surface area contributed by atoms with Gasteiger partial charge in [-0.1, -0.05) is 30.8 Å². The van der Waals surface area contributed by atoms with Gasteiger partial charge in [0.15, 0.2) is 5.16 Å². The number of benzene rings is 1. The third-order valence-electron chi connectivity index (χ3n) is 2.80. The molecule has 0 saturated heterocycles. The second-order valence-corrected chi connectivity index (χ2v) is 5.55. The van der Waals surface area contributed by atoms with Gasteiger partial charge in [-0.25, -0.2) is 9.97 Å². The van der Waals surface area contributed by atoms with Gasteiger partial charge in [0, 0.05) is 17.4 Å². The minimum Gasteiger partial charge on any atom is -0.384 e. The summed E-state index contributed by atoms with van der Waals surface area (Å²) in [6.45, 7) is 3.93. The molecule has 1 amide bonds. The van der Waals surface area contributed by atoms with Crippen LogP contribution >= 0.6 is 11.8 Å². The van der Waals surface area contributed by atoms with Gasteiger partial charge in [0.05, 0.1) is 5.75 Å². The first kappa shape index (κ1) is 15.3. The van der Waals surface area contributed by atoms with Gasteiger partial charge in [0.2, 0.25) is 5.91 Å². The van der Waals surface area contributed by atoms with Crippen molar-refractivity contribution in [2.24, 2.45) is 0 Å². The second-order valence-electron chi connectivity index (χ2n) is 4.61. The highest BCUT2D eigenvalue weighted by Gasteiger charge is 2.07. The fourth-order valence-electron chi connectivity index (χ4n) is 1.83. The number of hydrogen-bond acceptors (Lipinski definition) is 5. The predicted octanol–water partition coefficient (Wildman–Crippen LogP) is 2.66. The van der Waals surface area contributed by atoms with Crippen LogP contribution in [0, 0.1) is 6.92 Å². The molecule has 3 N–H and O–H groups in total. The van der Waals surface area contributed by atoms with Crippen LogP contribution in [-0.2, 0) is 11.2 Å². The minimum atomic E-state index is -0.0862. The zero-order chi connectivity index (χ0) is 15.2. The van der Waals surface area contributed by atoms with Crippen molar-refractivity contribution in [2.45, 2.75) is 25.4 Å². The van der Waals surface area contributed by atoms with Gasteiger partial charge < -0.3 is 11.1 Å². The number of aryl methyl sites for hydroxylation is 2. The zero-order valence-corrected chi connectivity index (χ0v) is 12.9. The van der Waals surface area contributed by atoms with E-state index in [1.54, 1.807) is 6.07 Å². The van der Waals surface area contributed by atoms with Crippen molar-refractivity contribution in [2.75, 3.05) is 16.8 Å². The van der Waals surface area contributed by atoms with E-state index in [4.69, 9.17) is 5.73 Å². The Hall–Kier alpha value is -2.08. The van der Waals surface area contributed by atoms with Crippen molar-refractivity contribution < 1.29 is 4.79 Å². The number of carbonyl (C=O) groups excluding carboxylic acids is 1. The summed E-state index contributed by atoms with van der Waals surface area (Å²) in [6, 6.07) is 9.52. The van der Waals surface area contributed by atoms with Crippen LogP contribution in [0.2, 0.25) is 0 Å². The topological polar surface area (TPSA) is 80.9 Å². The number of carbonyl (C=O) groups is 1. The molecule has 6 heteroatoms. The van der Waals surface area contributed by atoms with Crippen molar-refractivity contribution in [1.29, 1.82) is 0 Å². The lowest BCUT2D eigenvalue weighted by Crippen LogP contribution is -2.14. The Morgan fingerprint density at radius 2 is 2.14 bits per heavy atom. The molecule has 1 aromatic carbocycles. The zero-order valence-electron chi connectivity index (χ0n) is 12.1. The maximum absolute atomic E-state index is 11.9. The third kappa shape index (κ3) is 4.75. The van der Waals surface area contributed by atoms with Gasteiger partial charge in [0.1, 0.15) is 5.82 Å². The minimum absolute atomic E-state index is 0.0862. The molecule has 110 valence electrons. The number of nitrogens with two attached hydrogens (primary N) is 1. The number of anilines is 2. The van der Waals surface area contributed by atoms with Crippen LogP contribution in [0.3, 0.4) is 0 Å². The van der Waals surface area contributed by atoms with E-state index >= 15 is 0 Å². The summed E-state index contributed by atoms with van der Waals surface area (Å²) in [5.41, 5.74) is 8.45. The van der Waals surface area contributed by atoms with Gasteiger partial charge in [0.25, 0.3) is 0 Å². The van der Waals surface area contributed by atoms with E-state index in [0.29, 0.717) is 11.0 Å². The molecule has 0 fully saturated rings. The fraction of sp³-hybridized carbons (Fsp3) is 0.267. The molecule has 1 heterocycles. The highest BCUT2D eigenvalue weighted by Crippen LogP contribution is 2.16. The van der Waals surface area contributed by atoms with E-state index in [1.165, 1.54) is 17.3 Å². The normalized spacial score (nSPS) is 10.4. The van der Waals surface area contributed by atoms with Gasteiger partial charge >= 0.3 is 0 Å². The Labute approximate surface area is 128 Å². The number of hydrogen-bond donors (Lipinski definition) is 2. The number of rotatable bonds is 5. The van der Waals surface area contributed by atoms with Crippen molar-refractivity contribution in [3.63, 3.8) is 0 Å². The van der Waals surface area contributed by atoms with Gasteiger partial charge in [-0.3, -0.25) is 4.79 Å². The standard InChI is InChI=1S/C15H18N4OS/c1-3-11-5-4-6-12(8-11)18-14(20)9-21-15-17-10(2)7-13(16)19-15/h4-8H,3,9H2,1-2H3,(H,18,20)(H2,16,17,19). The van der Waals surface area contributed by atoms with E-state index in [-0.39, 0.29) is 11.7 Å². The first-order valence-corrected chi connectivity index (χ1v) is 7.68. The average Bonchev–Trinajstić information content (AvgIpc) is 2.44. The number of nitrogens with one attached hydrogen (secondary N) is 1. The van der Waals surface area contributed by atoms with E-state index in [1.807, 2.05) is 31.2 Å². The molecule has 0 aliphatic heterocycles. The molecule has 0 radical (unpaired) electrons. The Kier molecular flexibility index (Phi) is 5.16. The molecule has 0 unspecified atom stereocenters. The lowest BCUT2D eigenvalue weighted by Gasteiger charge is -2.06. The van der Waals surface area contributed by atoms with E-state index in [0.717, 1.165) is 17.8 Å². The van der Waals surface area contributed by atoms with E-state index in [9.17, 15) is 4.79 Å². The molecular formula is C15H18N4OS. The molecule has 1 aromatic heterocycles. The summed E-state index contributed by atoms with van der Waals surface area (Å²) in [5, 5.41) is 3.39. The predicted molar refractivity (Wildman–Crippen MR) is 86.4 cm³/mol. The Morgan fingerprint density at radius 3 is 2.86 bits per heavy atom. The van der Waals surface area contributed by atoms with Crippen molar-refractivity contribution in [1.82, 2.24) is 9.97 Å². The van der Waals surface area contributed by atoms with Crippen LogP contribution in [0.5, 0.6) is 0 Å². The SMILES string of the molecule is CCc1cccc(NC(=O)CSc2nc(C)cc(N)n2)c1. The number of amides is 1. The summed E-state index contributed by atoms with van der Waals surface area (Å²) < 4.78 is 0. The van der Waals surface area contributed by atoms with Crippen LogP contribution in [0.15, 0.2) is 35.5 Å². The number of nitrogens with zero attached hydrogens (tertiary/aromatic N) is 2. The fourth-order valence-corrected chi connectivity index (χ4v) is 2.54. The number of aromatic nitrogens is 2. The molecule has 2 rings (SSSR count). The van der Waals surface area contributed by atoms with Gasteiger partial charge in [-0.05, 0) is 31.0 Å². The van der Waals surface area contributed by atoms with Gasteiger partial charge in [-0.15, -0.1) is 0 Å². The second kappa shape index (κ2) is 7.08. The number of nitrogen functional groups attached to an aromatic ring is 1. The van der Waals surface area contributed by atoms with E-state index < -0.39 is 0 Å². The van der Waals surface area contributed by atoms with Crippen LogP contribution in [0.1, 0.15) is 18.2 Å². The summed E-state index contributed by atoms with van der Waals surface area (Å²) in [6.07, 6.45) is 0.939. The first-order chi connectivity index (χ1) is 10.1. The monoisotopic (exact) mass is 302 g/mol. The van der Waals surface area contributed by atoms with E-state index in [2.05, 4.69) is 22.2 Å². The summed E-state index contributed by atoms with van der Waals surface area (Å²) in [5.74, 6) is 0.581. The summed E-state index contributed by atoms with van der Waals surface area (Å²) in [4.78, 5) is 20.3. The highest BCUT2D eigenvalue weighted by molar-refractivity contribution is 7.99. The Bertz CT molecular complexity index is 625. The van der Waals surface area contributed by atoms with Gasteiger partial charge in [-0.2, -0.15) is 0 Å². The lowest BCUT2D eigenvalue weighted by molar-refractivity contribution is -0.113. The molecule has 21 heavy (non-hydrogen) atoms. The molecule has 0 bridgehead atoms. The maximum Gasteiger partial charge on any atom is 0.234 e. The van der Waals surface area contributed by atoms with Crippen LogP contribution in [0.4, 0.5) is 11.5 Å². The molecule has 5 nitrogen and oxygen atoms in total. The molecule has 0 saturated carbocycles. The third-order valence-corrected chi connectivity index (χ3v) is 3.65. The van der Waals surface area contributed by atoms with Crippen LogP contribution in [0.25, 0.3) is 0 Å². The largest absolute Gasteiger partial charge is 0.384 e. The summed E-state index contributed by atoms with van der Waals surface area (Å²) in [7, 11) is 0. The quantitative estimate of drug-likeness (QED) is 0.655. The van der Waals surface area contributed by atoms with Crippen molar-refractivity contribution in [3.05, 3.63) is 41.6 Å². The highest BCUT2D eigenvalue weighted by atomic mass is 32.2.